The Hall–Kier alpha value is -2.62. The standard InChI is InChI=1S/C23H30N2O2/c1-5-6-7-8-13-27-21-11-9-20(10-12-21)23(26)25-24-16-22-18(3)14-17(2)15-19(22)4/h9-12,14-16H,5-8,13H2,1-4H3,(H,25,26)/b24-16+. The molecule has 0 spiro atoms. The van der Waals surface area contributed by atoms with E-state index in [1.54, 1.807) is 18.3 Å². The van der Waals surface area contributed by atoms with Crippen molar-refractivity contribution in [2.45, 2.75) is 53.4 Å². The van der Waals surface area contributed by atoms with E-state index in [9.17, 15) is 4.79 Å². The molecule has 0 aliphatic heterocycles. The van der Waals surface area contributed by atoms with Crippen LogP contribution in [0.25, 0.3) is 0 Å². The van der Waals surface area contributed by atoms with Crippen LogP contribution in [0.2, 0.25) is 0 Å². The maximum Gasteiger partial charge on any atom is 0.271 e. The van der Waals surface area contributed by atoms with E-state index >= 15 is 0 Å². The molecule has 144 valence electrons. The van der Waals surface area contributed by atoms with E-state index in [0.717, 1.165) is 28.9 Å². The Labute approximate surface area is 162 Å². The van der Waals surface area contributed by atoms with Crippen molar-refractivity contribution in [2.24, 2.45) is 5.10 Å². The molecule has 4 heteroatoms. The summed E-state index contributed by atoms with van der Waals surface area (Å²) in [6, 6.07) is 11.4. The number of nitrogens with one attached hydrogen (secondary N) is 1. The molecule has 0 heterocycles. The van der Waals surface area contributed by atoms with Crippen molar-refractivity contribution in [1.82, 2.24) is 5.43 Å². The SMILES string of the molecule is CCCCCCOc1ccc(C(=O)N/N=C/c2c(C)cc(C)cc2C)cc1. The lowest BCUT2D eigenvalue weighted by Gasteiger charge is -2.07. The highest BCUT2D eigenvalue weighted by atomic mass is 16.5. The van der Waals surface area contributed by atoms with E-state index in [2.05, 4.69) is 36.5 Å². The molecule has 2 aromatic rings. The Bertz CT molecular complexity index is 756. The van der Waals surface area contributed by atoms with Crippen molar-refractivity contribution in [2.75, 3.05) is 6.61 Å². The lowest BCUT2D eigenvalue weighted by Crippen LogP contribution is -2.17. The predicted molar refractivity (Wildman–Crippen MR) is 112 cm³/mol. The van der Waals surface area contributed by atoms with Gasteiger partial charge < -0.3 is 4.74 Å². The molecule has 0 aliphatic rings. The summed E-state index contributed by atoms with van der Waals surface area (Å²) in [4.78, 5) is 12.2. The van der Waals surface area contributed by atoms with Gasteiger partial charge in [0.15, 0.2) is 0 Å². The van der Waals surface area contributed by atoms with Crippen LogP contribution in [0.5, 0.6) is 5.75 Å². The Morgan fingerprint density at radius 1 is 1.04 bits per heavy atom. The van der Waals surface area contributed by atoms with E-state index in [1.165, 1.54) is 24.8 Å². The van der Waals surface area contributed by atoms with Crippen molar-refractivity contribution in [3.63, 3.8) is 0 Å². The summed E-state index contributed by atoms with van der Waals surface area (Å²) in [6.45, 7) is 9.07. The largest absolute Gasteiger partial charge is 0.494 e. The summed E-state index contributed by atoms with van der Waals surface area (Å²) in [7, 11) is 0. The lowest BCUT2D eigenvalue weighted by molar-refractivity contribution is 0.0955. The molecule has 0 bridgehead atoms. The molecular weight excluding hydrogens is 336 g/mol. The third kappa shape index (κ3) is 6.55. The molecule has 0 saturated carbocycles. The molecule has 1 amide bonds. The van der Waals surface area contributed by atoms with Crippen LogP contribution < -0.4 is 10.2 Å². The molecule has 4 nitrogen and oxygen atoms in total. The first-order chi connectivity index (χ1) is 13.0. The number of carbonyl (C=O) groups is 1. The molecule has 0 saturated heterocycles. The fourth-order valence-corrected chi connectivity index (χ4v) is 3.04. The third-order valence-electron chi connectivity index (χ3n) is 4.48. The number of aryl methyl sites for hydroxylation is 3. The number of hydrazone groups is 1. The van der Waals surface area contributed by atoms with Crippen LogP contribution >= 0.6 is 0 Å². The van der Waals surface area contributed by atoms with E-state index in [1.807, 2.05) is 26.0 Å². The predicted octanol–water partition coefficient (Wildman–Crippen LogP) is 5.33. The number of hydrogen-bond acceptors (Lipinski definition) is 3. The molecule has 0 radical (unpaired) electrons. The zero-order valence-corrected chi connectivity index (χ0v) is 16.8. The summed E-state index contributed by atoms with van der Waals surface area (Å²) in [5.74, 6) is 0.556. The molecule has 1 N–H and O–H groups in total. The maximum atomic E-state index is 12.2. The molecule has 0 unspecified atom stereocenters. The Balaban J connectivity index is 1.87. The van der Waals surface area contributed by atoms with Gasteiger partial charge in [0, 0.05) is 11.1 Å². The van der Waals surface area contributed by atoms with Gasteiger partial charge in [-0.25, -0.2) is 5.43 Å². The van der Waals surface area contributed by atoms with Gasteiger partial charge in [0.25, 0.3) is 5.91 Å². The maximum absolute atomic E-state index is 12.2. The molecule has 27 heavy (non-hydrogen) atoms. The lowest BCUT2D eigenvalue weighted by atomic mass is 10.0. The smallest absolute Gasteiger partial charge is 0.271 e. The topological polar surface area (TPSA) is 50.7 Å². The average molecular weight is 367 g/mol. The van der Waals surface area contributed by atoms with Crippen LogP contribution in [-0.2, 0) is 0 Å². The summed E-state index contributed by atoms with van der Waals surface area (Å²) in [5, 5.41) is 4.11. The summed E-state index contributed by atoms with van der Waals surface area (Å²) in [5.41, 5.74) is 7.70. The Kier molecular flexibility index (Phi) is 8.05. The summed E-state index contributed by atoms with van der Waals surface area (Å²) in [6.07, 6.45) is 6.41. The fraction of sp³-hybridized carbons (Fsp3) is 0.391. The highest BCUT2D eigenvalue weighted by Crippen LogP contribution is 2.15. The van der Waals surface area contributed by atoms with Gasteiger partial charge in [-0.05, 0) is 62.6 Å². The van der Waals surface area contributed by atoms with Crippen molar-refractivity contribution in [3.05, 3.63) is 64.2 Å². The number of amides is 1. The number of nitrogens with zero attached hydrogens (tertiary/aromatic N) is 1. The van der Waals surface area contributed by atoms with E-state index in [-0.39, 0.29) is 5.91 Å². The zero-order valence-electron chi connectivity index (χ0n) is 16.8. The van der Waals surface area contributed by atoms with Crippen molar-refractivity contribution < 1.29 is 9.53 Å². The number of carbonyl (C=O) groups excluding carboxylic acids is 1. The first-order valence-electron chi connectivity index (χ1n) is 9.65. The highest BCUT2D eigenvalue weighted by molar-refractivity contribution is 5.95. The second-order valence-electron chi connectivity index (χ2n) is 6.95. The van der Waals surface area contributed by atoms with E-state index in [4.69, 9.17) is 4.74 Å². The molecule has 0 aromatic heterocycles. The van der Waals surface area contributed by atoms with Gasteiger partial charge in [-0.15, -0.1) is 0 Å². The first-order valence-corrected chi connectivity index (χ1v) is 9.65. The number of unbranched alkanes of at least 4 members (excludes halogenated alkanes) is 3. The zero-order chi connectivity index (χ0) is 19.6. The van der Waals surface area contributed by atoms with Crippen LogP contribution in [0, 0.1) is 20.8 Å². The van der Waals surface area contributed by atoms with E-state index in [0.29, 0.717) is 12.2 Å². The van der Waals surface area contributed by atoms with Crippen LogP contribution in [-0.4, -0.2) is 18.7 Å². The number of hydrogen-bond donors (Lipinski definition) is 1. The van der Waals surface area contributed by atoms with Gasteiger partial charge in [0.1, 0.15) is 5.75 Å². The molecule has 0 atom stereocenters. The fourth-order valence-electron chi connectivity index (χ4n) is 3.04. The second-order valence-corrected chi connectivity index (χ2v) is 6.95. The minimum absolute atomic E-state index is 0.233. The van der Waals surface area contributed by atoms with Gasteiger partial charge in [-0.3, -0.25) is 4.79 Å². The van der Waals surface area contributed by atoms with Crippen molar-refractivity contribution in [1.29, 1.82) is 0 Å². The quantitative estimate of drug-likeness (QED) is 0.370. The second kappa shape index (κ2) is 10.5. The van der Waals surface area contributed by atoms with Crippen LogP contribution in [0.3, 0.4) is 0 Å². The minimum atomic E-state index is -0.233. The molecule has 2 aromatic carbocycles. The Morgan fingerprint density at radius 2 is 1.70 bits per heavy atom. The van der Waals surface area contributed by atoms with Crippen LogP contribution in [0.1, 0.15) is 65.2 Å². The van der Waals surface area contributed by atoms with E-state index < -0.39 is 0 Å². The average Bonchev–Trinajstić information content (AvgIpc) is 2.64. The van der Waals surface area contributed by atoms with Crippen molar-refractivity contribution in [3.8, 4) is 5.75 Å². The normalized spacial score (nSPS) is 11.0. The van der Waals surface area contributed by atoms with Crippen LogP contribution in [0.4, 0.5) is 0 Å². The molecular formula is C23H30N2O2. The van der Waals surface area contributed by atoms with Crippen LogP contribution in [0.15, 0.2) is 41.5 Å². The number of benzene rings is 2. The Morgan fingerprint density at radius 3 is 2.33 bits per heavy atom. The molecule has 2 rings (SSSR count). The third-order valence-corrected chi connectivity index (χ3v) is 4.48. The monoisotopic (exact) mass is 366 g/mol. The molecule has 0 fully saturated rings. The van der Waals surface area contributed by atoms with Gasteiger partial charge in [-0.1, -0.05) is 43.9 Å². The van der Waals surface area contributed by atoms with Crippen molar-refractivity contribution >= 4 is 12.1 Å². The van der Waals surface area contributed by atoms with Gasteiger partial charge in [0.2, 0.25) is 0 Å². The van der Waals surface area contributed by atoms with Gasteiger partial charge in [-0.2, -0.15) is 5.10 Å². The number of ether oxygens (including phenoxy) is 1. The summed E-state index contributed by atoms with van der Waals surface area (Å²) < 4.78 is 5.70. The molecule has 0 aliphatic carbocycles. The minimum Gasteiger partial charge on any atom is -0.494 e. The van der Waals surface area contributed by atoms with Gasteiger partial charge in [0.05, 0.1) is 12.8 Å². The van der Waals surface area contributed by atoms with Gasteiger partial charge >= 0.3 is 0 Å². The number of rotatable bonds is 9. The summed E-state index contributed by atoms with van der Waals surface area (Å²) >= 11 is 0. The first kappa shape index (κ1) is 20.7. The highest BCUT2D eigenvalue weighted by Gasteiger charge is 2.05.